The van der Waals surface area contributed by atoms with E-state index in [9.17, 15) is 4.79 Å². The molecule has 7 heteroatoms. The molecular formula is C26H23ClN2O4. The van der Waals surface area contributed by atoms with Gasteiger partial charge in [-0.2, -0.15) is 0 Å². The van der Waals surface area contributed by atoms with Gasteiger partial charge in [-0.15, -0.1) is 0 Å². The third-order valence-corrected chi connectivity index (χ3v) is 6.18. The maximum Gasteiger partial charge on any atom is 0.415 e. The molecule has 0 N–H and O–H groups in total. The minimum Gasteiger partial charge on any atom is -0.497 e. The van der Waals surface area contributed by atoms with E-state index in [-0.39, 0.29) is 12.1 Å². The number of carbonyl (C=O) groups excluding carboxylic acids is 1. The Balaban J connectivity index is 1.81. The predicted octanol–water partition coefficient (Wildman–Crippen LogP) is 5.72. The second-order valence-electron chi connectivity index (χ2n) is 7.76. The molecule has 0 bridgehead atoms. The molecule has 0 spiro atoms. The van der Waals surface area contributed by atoms with E-state index in [1.807, 2.05) is 60.7 Å². The average Bonchev–Trinajstić information content (AvgIpc) is 3.28. The van der Waals surface area contributed by atoms with Gasteiger partial charge in [-0.05, 0) is 47.5 Å². The number of ether oxygens (including phenoxy) is 3. The first-order chi connectivity index (χ1) is 16.1. The molecule has 2 heterocycles. The summed E-state index contributed by atoms with van der Waals surface area (Å²) in [5.74, 6) is 2.10. The fourth-order valence-corrected chi connectivity index (χ4v) is 4.56. The highest BCUT2D eigenvalue weighted by molar-refractivity contribution is 6.30. The van der Waals surface area contributed by atoms with Crippen LogP contribution in [-0.2, 0) is 4.74 Å². The molecule has 0 aliphatic carbocycles. The first kappa shape index (κ1) is 21.2. The highest BCUT2D eigenvalue weighted by atomic mass is 35.5. The van der Waals surface area contributed by atoms with Gasteiger partial charge in [0.2, 0.25) is 0 Å². The van der Waals surface area contributed by atoms with Crippen LogP contribution in [0.3, 0.4) is 0 Å². The van der Waals surface area contributed by atoms with E-state index in [4.69, 9.17) is 25.8 Å². The summed E-state index contributed by atoms with van der Waals surface area (Å²) in [6, 6.07) is 21.3. The zero-order valence-electron chi connectivity index (χ0n) is 18.3. The zero-order chi connectivity index (χ0) is 22.9. The van der Waals surface area contributed by atoms with Crippen LogP contribution in [0.5, 0.6) is 11.5 Å². The van der Waals surface area contributed by atoms with Crippen LogP contribution in [-0.4, -0.2) is 38.4 Å². The van der Waals surface area contributed by atoms with E-state index in [0.29, 0.717) is 29.7 Å². The monoisotopic (exact) mass is 462 g/mol. The van der Waals surface area contributed by atoms with Gasteiger partial charge in [0.25, 0.3) is 0 Å². The Hall–Kier alpha value is -3.64. The number of rotatable bonds is 5. The summed E-state index contributed by atoms with van der Waals surface area (Å²) in [6.45, 7) is 0.807. The van der Waals surface area contributed by atoms with Crippen LogP contribution >= 0.6 is 11.6 Å². The lowest BCUT2D eigenvalue weighted by Crippen LogP contribution is -2.41. The number of anilines is 1. The van der Waals surface area contributed by atoms with Crippen LogP contribution in [0.2, 0.25) is 5.02 Å². The normalized spacial score (nSPS) is 17.4. The van der Waals surface area contributed by atoms with Gasteiger partial charge in [0.15, 0.2) is 0 Å². The van der Waals surface area contributed by atoms with E-state index in [0.717, 1.165) is 28.2 Å². The summed E-state index contributed by atoms with van der Waals surface area (Å²) in [5.41, 5.74) is 3.84. The van der Waals surface area contributed by atoms with Gasteiger partial charge in [-0.3, -0.25) is 4.90 Å². The van der Waals surface area contributed by atoms with E-state index < -0.39 is 0 Å². The SMILES string of the molecule is COc1cc2c(c(OC)c1)C(c1ccccc1)N(c1ccc(Cl)cc1)C(N1CCOC1=O)=C2. The number of halogens is 1. The van der Waals surface area contributed by atoms with Crippen molar-refractivity contribution in [3.63, 3.8) is 0 Å². The minimum absolute atomic E-state index is 0.267. The largest absolute Gasteiger partial charge is 0.497 e. The third-order valence-electron chi connectivity index (χ3n) is 5.92. The highest BCUT2D eigenvalue weighted by Crippen LogP contribution is 2.48. The molecule has 1 unspecified atom stereocenters. The van der Waals surface area contributed by atoms with Gasteiger partial charge in [0, 0.05) is 22.3 Å². The number of nitrogens with zero attached hydrogens (tertiary/aromatic N) is 2. The number of methoxy groups -OCH3 is 2. The third kappa shape index (κ3) is 3.76. The summed E-state index contributed by atoms with van der Waals surface area (Å²) in [7, 11) is 3.28. The number of hydrogen-bond acceptors (Lipinski definition) is 5. The lowest BCUT2D eigenvalue weighted by molar-refractivity contribution is 0.163. The molecule has 1 saturated heterocycles. The molecule has 2 aliphatic heterocycles. The summed E-state index contributed by atoms with van der Waals surface area (Å²) in [6.07, 6.45) is 1.62. The standard InChI is InChI=1S/C26H23ClN2O4/c1-31-21-14-18-15-23(28-12-13-33-26(28)30)29(20-10-8-19(27)9-11-20)25(17-6-4-3-5-7-17)24(18)22(16-21)32-2/h3-11,14-16,25H,12-13H2,1-2H3. The van der Waals surface area contributed by atoms with Gasteiger partial charge in [0.1, 0.15) is 23.9 Å². The lowest BCUT2D eigenvalue weighted by atomic mass is 9.88. The summed E-state index contributed by atoms with van der Waals surface area (Å²) >= 11 is 6.20. The highest BCUT2D eigenvalue weighted by Gasteiger charge is 2.39. The molecule has 33 heavy (non-hydrogen) atoms. The van der Waals surface area contributed by atoms with Crippen molar-refractivity contribution in [1.82, 2.24) is 4.90 Å². The van der Waals surface area contributed by atoms with Gasteiger partial charge >= 0.3 is 6.09 Å². The fraction of sp³-hybridized carbons (Fsp3) is 0.192. The predicted molar refractivity (Wildman–Crippen MR) is 128 cm³/mol. The summed E-state index contributed by atoms with van der Waals surface area (Å²) < 4.78 is 16.6. The van der Waals surface area contributed by atoms with Crippen molar-refractivity contribution in [2.75, 3.05) is 32.3 Å². The molecule has 1 fully saturated rings. The van der Waals surface area contributed by atoms with Gasteiger partial charge in [-0.1, -0.05) is 41.9 Å². The second-order valence-corrected chi connectivity index (χ2v) is 8.20. The first-order valence-electron chi connectivity index (χ1n) is 10.6. The first-order valence-corrected chi connectivity index (χ1v) is 11.0. The van der Waals surface area contributed by atoms with E-state index in [2.05, 4.69) is 17.0 Å². The van der Waals surface area contributed by atoms with Crippen molar-refractivity contribution in [3.05, 3.63) is 94.3 Å². The molecule has 3 aromatic rings. The number of amides is 1. The van der Waals surface area contributed by atoms with Crippen molar-refractivity contribution in [1.29, 1.82) is 0 Å². The molecule has 1 atom stereocenters. The van der Waals surface area contributed by atoms with Gasteiger partial charge < -0.3 is 19.1 Å². The average molecular weight is 463 g/mol. The molecule has 168 valence electrons. The Kier molecular flexibility index (Phi) is 5.60. The Labute approximate surface area is 197 Å². The molecule has 3 aromatic carbocycles. The van der Waals surface area contributed by atoms with Crippen LogP contribution in [0.4, 0.5) is 10.5 Å². The van der Waals surface area contributed by atoms with Crippen molar-refractivity contribution in [2.45, 2.75) is 6.04 Å². The number of hydrogen-bond donors (Lipinski definition) is 0. The Morgan fingerprint density at radius 1 is 1.00 bits per heavy atom. The van der Waals surface area contributed by atoms with Crippen LogP contribution in [0.25, 0.3) is 6.08 Å². The maximum absolute atomic E-state index is 12.7. The zero-order valence-corrected chi connectivity index (χ0v) is 19.1. The van der Waals surface area contributed by atoms with Crippen LogP contribution in [0.1, 0.15) is 22.7 Å². The topological polar surface area (TPSA) is 51.2 Å². The van der Waals surface area contributed by atoms with Crippen molar-refractivity contribution in [3.8, 4) is 11.5 Å². The number of carbonyl (C=O) groups is 1. The smallest absolute Gasteiger partial charge is 0.415 e. The quantitative estimate of drug-likeness (QED) is 0.485. The summed E-state index contributed by atoms with van der Waals surface area (Å²) in [4.78, 5) is 16.5. The Morgan fingerprint density at radius 2 is 1.76 bits per heavy atom. The molecule has 1 amide bonds. The number of benzene rings is 3. The van der Waals surface area contributed by atoms with Gasteiger partial charge in [-0.25, -0.2) is 4.79 Å². The van der Waals surface area contributed by atoms with Gasteiger partial charge in [0.05, 0.1) is 26.8 Å². The molecule has 6 nitrogen and oxygen atoms in total. The van der Waals surface area contributed by atoms with Crippen molar-refractivity contribution >= 4 is 29.5 Å². The fourth-order valence-electron chi connectivity index (χ4n) is 4.43. The van der Waals surface area contributed by atoms with Crippen LogP contribution in [0, 0.1) is 0 Å². The molecular weight excluding hydrogens is 440 g/mol. The van der Waals surface area contributed by atoms with Crippen molar-refractivity contribution < 1.29 is 19.0 Å². The maximum atomic E-state index is 12.7. The molecule has 0 aromatic heterocycles. The molecule has 2 aliphatic rings. The lowest BCUT2D eigenvalue weighted by Gasteiger charge is -2.42. The number of fused-ring (bicyclic) bond motifs is 1. The second kappa shape index (κ2) is 8.71. The Bertz CT molecular complexity index is 1210. The van der Waals surface area contributed by atoms with Crippen molar-refractivity contribution in [2.24, 2.45) is 0 Å². The van der Waals surface area contributed by atoms with Crippen LogP contribution in [0.15, 0.2) is 72.6 Å². The van der Waals surface area contributed by atoms with E-state index >= 15 is 0 Å². The van der Waals surface area contributed by atoms with E-state index in [1.54, 1.807) is 19.1 Å². The Morgan fingerprint density at radius 3 is 2.39 bits per heavy atom. The molecule has 0 saturated carbocycles. The minimum atomic E-state index is -0.370. The number of cyclic esters (lactones) is 1. The van der Waals surface area contributed by atoms with Crippen LogP contribution < -0.4 is 14.4 Å². The van der Waals surface area contributed by atoms with E-state index in [1.165, 1.54) is 0 Å². The summed E-state index contributed by atoms with van der Waals surface area (Å²) in [5, 5.41) is 0.640. The molecule has 0 radical (unpaired) electrons. The molecule has 5 rings (SSSR count).